The van der Waals surface area contributed by atoms with E-state index in [2.05, 4.69) is 48.3 Å². The maximum Gasteiger partial charge on any atom is 0.275 e. The van der Waals surface area contributed by atoms with Crippen LogP contribution >= 0.6 is 11.3 Å². The van der Waals surface area contributed by atoms with E-state index in [4.69, 9.17) is 4.74 Å². The van der Waals surface area contributed by atoms with Gasteiger partial charge in [-0.3, -0.25) is 4.79 Å². The fraction of sp³-hybridized carbons (Fsp3) is 0.421. The summed E-state index contributed by atoms with van der Waals surface area (Å²) < 4.78 is 7.16. The van der Waals surface area contributed by atoms with Crippen LogP contribution in [0.4, 0.5) is 5.13 Å². The quantitative estimate of drug-likeness (QED) is 0.671. The molecule has 0 radical (unpaired) electrons. The topological polar surface area (TPSA) is 68.5 Å². The summed E-state index contributed by atoms with van der Waals surface area (Å²) in [5, 5.41) is 8.13. The van der Waals surface area contributed by atoms with Crippen molar-refractivity contribution in [1.29, 1.82) is 0 Å². The molecule has 0 aliphatic rings. The number of nitrogens with zero attached hydrogens (tertiary/aromatic N) is 3. The molecule has 0 unspecified atom stereocenters. The molecule has 26 heavy (non-hydrogen) atoms. The van der Waals surface area contributed by atoms with Crippen molar-refractivity contribution >= 4 is 21.4 Å². The molecule has 2 heterocycles. The molecule has 7 heteroatoms. The molecular formula is C19H24N4O2S. The summed E-state index contributed by atoms with van der Waals surface area (Å²) >= 11 is 1.37. The standard InChI is InChI=1S/C19H24N4O2S/c1-5-14-12-16(24)23-18(21-14)26-17(22-23)20-9-10-25-15-8-6-7-13(11-15)19(2,3)4/h6-8,11-12H,5,9-10H2,1-4H3,(H,20,22). The molecule has 0 bridgehead atoms. The lowest BCUT2D eigenvalue weighted by molar-refractivity contribution is 0.332. The Kier molecular flexibility index (Phi) is 5.27. The highest BCUT2D eigenvalue weighted by molar-refractivity contribution is 7.20. The zero-order valence-electron chi connectivity index (χ0n) is 15.6. The van der Waals surface area contributed by atoms with E-state index in [9.17, 15) is 4.79 Å². The summed E-state index contributed by atoms with van der Waals surface area (Å²) in [5.41, 5.74) is 1.97. The highest BCUT2D eigenvalue weighted by Gasteiger charge is 2.14. The molecule has 0 atom stereocenters. The lowest BCUT2D eigenvalue weighted by Crippen LogP contribution is -2.16. The first-order valence-electron chi connectivity index (χ1n) is 8.74. The van der Waals surface area contributed by atoms with E-state index >= 15 is 0 Å². The van der Waals surface area contributed by atoms with Crippen LogP contribution in [0.5, 0.6) is 5.75 Å². The van der Waals surface area contributed by atoms with Crippen molar-refractivity contribution < 1.29 is 4.74 Å². The summed E-state index contributed by atoms with van der Waals surface area (Å²) in [6.45, 7) is 9.62. The van der Waals surface area contributed by atoms with Crippen LogP contribution in [-0.4, -0.2) is 27.7 Å². The second-order valence-electron chi connectivity index (χ2n) is 7.09. The lowest BCUT2D eigenvalue weighted by Gasteiger charge is -2.19. The normalized spacial score (nSPS) is 11.7. The number of hydrogen-bond donors (Lipinski definition) is 1. The number of anilines is 1. The molecule has 0 amide bonds. The van der Waals surface area contributed by atoms with E-state index in [0.29, 0.717) is 23.2 Å². The molecule has 1 N–H and O–H groups in total. The van der Waals surface area contributed by atoms with Gasteiger partial charge in [0.05, 0.1) is 6.54 Å². The van der Waals surface area contributed by atoms with Crippen molar-refractivity contribution in [1.82, 2.24) is 14.6 Å². The largest absolute Gasteiger partial charge is 0.492 e. The SMILES string of the molecule is CCc1cc(=O)n2nc(NCCOc3cccc(C(C)(C)C)c3)sc2n1. The average Bonchev–Trinajstić information content (AvgIpc) is 3.01. The number of fused-ring (bicyclic) bond motifs is 1. The maximum atomic E-state index is 12.0. The van der Waals surface area contributed by atoms with Gasteiger partial charge in [-0.15, -0.1) is 5.10 Å². The zero-order chi connectivity index (χ0) is 18.7. The number of nitrogens with one attached hydrogen (secondary N) is 1. The summed E-state index contributed by atoms with van der Waals surface area (Å²) in [5.74, 6) is 0.856. The molecule has 0 saturated carbocycles. The Morgan fingerprint density at radius 1 is 1.27 bits per heavy atom. The van der Waals surface area contributed by atoms with Crippen LogP contribution in [0.3, 0.4) is 0 Å². The Bertz CT molecular complexity index is 956. The molecular weight excluding hydrogens is 348 g/mol. The summed E-state index contributed by atoms with van der Waals surface area (Å²) in [6.07, 6.45) is 0.730. The number of rotatable bonds is 6. The minimum Gasteiger partial charge on any atom is -0.492 e. The van der Waals surface area contributed by atoms with Crippen LogP contribution in [-0.2, 0) is 11.8 Å². The van der Waals surface area contributed by atoms with Gasteiger partial charge in [0, 0.05) is 11.8 Å². The molecule has 1 aromatic carbocycles. The molecule has 0 fully saturated rings. The predicted molar refractivity (Wildman–Crippen MR) is 106 cm³/mol. The fourth-order valence-corrected chi connectivity index (χ4v) is 3.34. The van der Waals surface area contributed by atoms with Crippen LogP contribution in [0.2, 0.25) is 0 Å². The van der Waals surface area contributed by atoms with Crippen molar-refractivity contribution in [2.45, 2.75) is 39.5 Å². The highest BCUT2D eigenvalue weighted by atomic mass is 32.1. The Hall–Kier alpha value is -2.41. The number of hydrogen-bond acceptors (Lipinski definition) is 6. The Morgan fingerprint density at radius 2 is 2.08 bits per heavy atom. The van der Waals surface area contributed by atoms with Crippen molar-refractivity contribution in [2.24, 2.45) is 0 Å². The summed E-state index contributed by atoms with van der Waals surface area (Å²) in [6, 6.07) is 9.69. The molecule has 0 aliphatic heterocycles. The van der Waals surface area contributed by atoms with Gasteiger partial charge < -0.3 is 10.1 Å². The van der Waals surface area contributed by atoms with Gasteiger partial charge in [0.2, 0.25) is 10.1 Å². The molecule has 6 nitrogen and oxygen atoms in total. The zero-order valence-corrected chi connectivity index (χ0v) is 16.4. The van der Waals surface area contributed by atoms with Gasteiger partial charge in [-0.25, -0.2) is 4.98 Å². The molecule has 0 saturated heterocycles. The van der Waals surface area contributed by atoms with Crippen LogP contribution in [0, 0.1) is 0 Å². The van der Waals surface area contributed by atoms with E-state index in [1.165, 1.54) is 27.5 Å². The number of ether oxygens (including phenoxy) is 1. The molecule has 138 valence electrons. The Labute approximate surface area is 156 Å². The third kappa shape index (κ3) is 4.22. The van der Waals surface area contributed by atoms with Gasteiger partial charge in [0.1, 0.15) is 12.4 Å². The third-order valence-electron chi connectivity index (χ3n) is 4.01. The second-order valence-corrected chi connectivity index (χ2v) is 8.05. The first kappa shape index (κ1) is 18.4. The van der Waals surface area contributed by atoms with Crippen molar-refractivity contribution in [3.63, 3.8) is 0 Å². The number of aryl methyl sites for hydroxylation is 1. The van der Waals surface area contributed by atoms with Gasteiger partial charge in [0.25, 0.3) is 5.56 Å². The lowest BCUT2D eigenvalue weighted by atomic mass is 9.87. The van der Waals surface area contributed by atoms with Crippen molar-refractivity contribution in [3.8, 4) is 5.75 Å². The molecule has 0 aliphatic carbocycles. The predicted octanol–water partition coefficient (Wildman–Crippen LogP) is 3.50. The average molecular weight is 372 g/mol. The van der Waals surface area contributed by atoms with Gasteiger partial charge in [-0.1, -0.05) is 51.2 Å². The summed E-state index contributed by atoms with van der Waals surface area (Å²) in [4.78, 5) is 17.1. The number of benzene rings is 1. The second kappa shape index (κ2) is 7.45. The monoisotopic (exact) mass is 372 g/mol. The molecule has 2 aromatic heterocycles. The van der Waals surface area contributed by atoms with E-state index in [0.717, 1.165) is 17.9 Å². The highest BCUT2D eigenvalue weighted by Crippen LogP contribution is 2.25. The smallest absolute Gasteiger partial charge is 0.275 e. The molecule has 3 rings (SSSR count). The Balaban J connectivity index is 1.60. The Morgan fingerprint density at radius 3 is 2.81 bits per heavy atom. The molecule has 3 aromatic rings. The van der Waals surface area contributed by atoms with Gasteiger partial charge in [-0.2, -0.15) is 4.52 Å². The molecule has 0 spiro atoms. The van der Waals surface area contributed by atoms with Crippen molar-refractivity contribution in [2.75, 3.05) is 18.5 Å². The van der Waals surface area contributed by atoms with E-state index < -0.39 is 0 Å². The van der Waals surface area contributed by atoms with E-state index in [-0.39, 0.29) is 11.0 Å². The third-order valence-corrected chi connectivity index (χ3v) is 4.87. The first-order chi connectivity index (χ1) is 12.4. The van der Waals surface area contributed by atoms with Gasteiger partial charge in [-0.05, 0) is 29.5 Å². The summed E-state index contributed by atoms with van der Waals surface area (Å²) in [7, 11) is 0. The van der Waals surface area contributed by atoms with E-state index in [1.54, 1.807) is 0 Å². The van der Waals surface area contributed by atoms with Crippen LogP contribution < -0.4 is 15.6 Å². The van der Waals surface area contributed by atoms with E-state index in [1.807, 2.05) is 19.1 Å². The maximum absolute atomic E-state index is 12.0. The number of aromatic nitrogens is 3. The van der Waals surface area contributed by atoms with Crippen LogP contribution in [0.15, 0.2) is 35.1 Å². The minimum atomic E-state index is -0.147. The van der Waals surface area contributed by atoms with Gasteiger partial charge in [0.15, 0.2) is 0 Å². The van der Waals surface area contributed by atoms with Crippen molar-refractivity contribution in [3.05, 3.63) is 51.9 Å². The van der Waals surface area contributed by atoms with Crippen LogP contribution in [0.1, 0.15) is 39.0 Å². The fourth-order valence-electron chi connectivity index (χ4n) is 2.49. The minimum absolute atomic E-state index is 0.0935. The van der Waals surface area contributed by atoms with Gasteiger partial charge >= 0.3 is 0 Å². The first-order valence-corrected chi connectivity index (χ1v) is 9.55. The van der Waals surface area contributed by atoms with Crippen LogP contribution in [0.25, 0.3) is 4.96 Å².